The maximum Gasteiger partial charge on any atom is 0.309 e. The number of carboxylic acid groups (broad SMARTS) is 1. The molecule has 0 spiro atoms. The van der Waals surface area contributed by atoms with Gasteiger partial charge in [-0.05, 0) is 19.3 Å². The minimum absolute atomic E-state index is 0.462. The second kappa shape index (κ2) is 16.9. The van der Waals surface area contributed by atoms with Crippen LogP contribution in [0.4, 0.5) is 0 Å². The summed E-state index contributed by atoms with van der Waals surface area (Å²) in [5.74, 6) is -0.595. The van der Waals surface area contributed by atoms with Crippen molar-refractivity contribution in [1.82, 2.24) is 0 Å². The molecule has 0 aromatic carbocycles. The highest BCUT2D eigenvalue weighted by Crippen LogP contribution is 2.33. The Morgan fingerprint density at radius 1 is 0.600 bits per heavy atom. The first-order chi connectivity index (χ1) is 12.1. The van der Waals surface area contributed by atoms with Gasteiger partial charge >= 0.3 is 5.97 Å². The van der Waals surface area contributed by atoms with Crippen molar-refractivity contribution in [3.8, 4) is 0 Å². The van der Waals surface area contributed by atoms with E-state index < -0.39 is 11.4 Å². The highest BCUT2D eigenvalue weighted by molar-refractivity contribution is 5.74. The molecule has 0 aliphatic rings. The van der Waals surface area contributed by atoms with E-state index in [2.05, 4.69) is 6.92 Å². The molecular weight excluding hydrogens is 308 g/mol. The normalized spacial score (nSPS) is 11.8. The van der Waals surface area contributed by atoms with Crippen LogP contribution in [0, 0.1) is 5.41 Å². The summed E-state index contributed by atoms with van der Waals surface area (Å²) < 4.78 is 0. The fourth-order valence-electron chi connectivity index (χ4n) is 3.85. The minimum atomic E-state index is -0.595. The average Bonchev–Trinajstić information content (AvgIpc) is 2.61. The molecule has 0 heterocycles. The minimum Gasteiger partial charge on any atom is -0.481 e. The van der Waals surface area contributed by atoms with Crippen molar-refractivity contribution in [3.63, 3.8) is 0 Å². The Bertz CT molecular complexity index is 294. The standard InChI is InChI=1S/C23H46O2/c1-4-7-8-9-10-11-12-13-14-15-16-17-18-19-20-21-23(5-2,6-3)22(24)25/h4-21H2,1-3H3,(H,24,25). The number of rotatable bonds is 19. The second-order valence-corrected chi connectivity index (χ2v) is 7.99. The van der Waals surface area contributed by atoms with E-state index in [0.29, 0.717) is 0 Å². The topological polar surface area (TPSA) is 37.3 Å². The van der Waals surface area contributed by atoms with Gasteiger partial charge in [0, 0.05) is 0 Å². The summed E-state index contributed by atoms with van der Waals surface area (Å²) in [6, 6.07) is 0. The molecule has 0 fully saturated rings. The quantitative estimate of drug-likeness (QED) is 0.238. The fraction of sp³-hybridized carbons (Fsp3) is 0.957. The molecule has 25 heavy (non-hydrogen) atoms. The number of hydrogen-bond donors (Lipinski definition) is 1. The molecular formula is C23H46O2. The van der Waals surface area contributed by atoms with Gasteiger partial charge in [0.1, 0.15) is 0 Å². The summed E-state index contributed by atoms with van der Waals surface area (Å²) in [5, 5.41) is 9.44. The predicted octanol–water partition coefficient (Wildman–Crippen LogP) is 8.14. The van der Waals surface area contributed by atoms with Crippen molar-refractivity contribution >= 4 is 5.97 Å². The third-order valence-electron chi connectivity index (χ3n) is 6.07. The zero-order valence-electron chi connectivity index (χ0n) is 17.6. The van der Waals surface area contributed by atoms with E-state index in [0.717, 1.165) is 25.7 Å². The maximum absolute atomic E-state index is 11.5. The molecule has 0 saturated carbocycles. The zero-order chi connectivity index (χ0) is 18.8. The van der Waals surface area contributed by atoms with Crippen LogP contribution in [0.1, 0.15) is 136 Å². The van der Waals surface area contributed by atoms with E-state index in [1.165, 1.54) is 89.9 Å². The van der Waals surface area contributed by atoms with Crippen LogP contribution in [0.5, 0.6) is 0 Å². The Labute approximate surface area is 158 Å². The van der Waals surface area contributed by atoms with Crippen LogP contribution in [0.3, 0.4) is 0 Å². The smallest absolute Gasteiger partial charge is 0.309 e. The molecule has 0 rings (SSSR count). The molecule has 2 nitrogen and oxygen atoms in total. The van der Waals surface area contributed by atoms with Crippen molar-refractivity contribution in [2.45, 2.75) is 136 Å². The third-order valence-corrected chi connectivity index (χ3v) is 6.07. The first kappa shape index (κ1) is 24.5. The zero-order valence-corrected chi connectivity index (χ0v) is 17.6. The lowest BCUT2D eigenvalue weighted by atomic mass is 9.78. The van der Waals surface area contributed by atoms with E-state index in [1.807, 2.05) is 13.8 Å². The molecule has 150 valence electrons. The molecule has 0 aliphatic heterocycles. The van der Waals surface area contributed by atoms with Gasteiger partial charge in [-0.2, -0.15) is 0 Å². The Morgan fingerprint density at radius 3 is 1.20 bits per heavy atom. The Balaban J connectivity index is 3.35. The van der Waals surface area contributed by atoms with Crippen LogP contribution in [0.25, 0.3) is 0 Å². The Kier molecular flexibility index (Phi) is 16.6. The molecule has 0 unspecified atom stereocenters. The molecule has 0 bridgehead atoms. The molecule has 0 radical (unpaired) electrons. The maximum atomic E-state index is 11.5. The fourth-order valence-corrected chi connectivity index (χ4v) is 3.85. The molecule has 0 aromatic heterocycles. The predicted molar refractivity (Wildman–Crippen MR) is 110 cm³/mol. The van der Waals surface area contributed by atoms with Crippen LogP contribution in [-0.4, -0.2) is 11.1 Å². The highest BCUT2D eigenvalue weighted by Gasteiger charge is 2.33. The largest absolute Gasteiger partial charge is 0.481 e. The Hall–Kier alpha value is -0.530. The number of hydrogen-bond acceptors (Lipinski definition) is 1. The van der Waals surface area contributed by atoms with Crippen molar-refractivity contribution in [1.29, 1.82) is 0 Å². The molecule has 1 N–H and O–H groups in total. The molecule has 0 amide bonds. The van der Waals surface area contributed by atoms with Gasteiger partial charge < -0.3 is 5.11 Å². The summed E-state index contributed by atoms with van der Waals surface area (Å²) >= 11 is 0. The first-order valence-electron chi connectivity index (χ1n) is 11.4. The monoisotopic (exact) mass is 354 g/mol. The van der Waals surface area contributed by atoms with Gasteiger partial charge in [0.15, 0.2) is 0 Å². The molecule has 0 saturated heterocycles. The van der Waals surface area contributed by atoms with E-state index in [4.69, 9.17) is 0 Å². The van der Waals surface area contributed by atoms with Crippen molar-refractivity contribution in [2.24, 2.45) is 5.41 Å². The van der Waals surface area contributed by atoms with E-state index >= 15 is 0 Å². The lowest BCUT2D eigenvalue weighted by Gasteiger charge is -2.26. The van der Waals surface area contributed by atoms with Crippen LogP contribution in [0.2, 0.25) is 0 Å². The van der Waals surface area contributed by atoms with Crippen LogP contribution in [-0.2, 0) is 4.79 Å². The van der Waals surface area contributed by atoms with Gasteiger partial charge in [0.05, 0.1) is 5.41 Å². The Morgan fingerprint density at radius 2 is 0.920 bits per heavy atom. The third kappa shape index (κ3) is 12.5. The summed E-state index contributed by atoms with van der Waals surface area (Å²) in [6.07, 6.45) is 22.8. The lowest BCUT2D eigenvalue weighted by Crippen LogP contribution is -2.29. The number of unbranched alkanes of at least 4 members (excludes halogenated alkanes) is 14. The molecule has 2 heteroatoms. The van der Waals surface area contributed by atoms with Crippen molar-refractivity contribution in [3.05, 3.63) is 0 Å². The van der Waals surface area contributed by atoms with Gasteiger partial charge in [-0.25, -0.2) is 0 Å². The van der Waals surface area contributed by atoms with Gasteiger partial charge in [0.2, 0.25) is 0 Å². The van der Waals surface area contributed by atoms with Crippen LogP contribution < -0.4 is 0 Å². The van der Waals surface area contributed by atoms with Gasteiger partial charge in [-0.3, -0.25) is 4.79 Å². The highest BCUT2D eigenvalue weighted by atomic mass is 16.4. The van der Waals surface area contributed by atoms with Crippen molar-refractivity contribution < 1.29 is 9.90 Å². The lowest BCUT2D eigenvalue weighted by molar-refractivity contribution is -0.150. The van der Waals surface area contributed by atoms with Gasteiger partial charge in [-0.15, -0.1) is 0 Å². The number of aliphatic carboxylic acids is 1. The summed E-state index contributed by atoms with van der Waals surface area (Å²) in [6.45, 7) is 6.31. The van der Waals surface area contributed by atoms with Crippen molar-refractivity contribution in [2.75, 3.05) is 0 Å². The summed E-state index contributed by atoms with van der Waals surface area (Å²) in [5.41, 5.74) is -0.462. The van der Waals surface area contributed by atoms with Gasteiger partial charge in [-0.1, -0.05) is 117 Å². The van der Waals surface area contributed by atoms with E-state index in [1.54, 1.807) is 0 Å². The molecule has 0 aliphatic carbocycles. The van der Waals surface area contributed by atoms with Crippen LogP contribution in [0.15, 0.2) is 0 Å². The molecule has 0 atom stereocenters. The number of carbonyl (C=O) groups is 1. The molecule has 0 aromatic rings. The SMILES string of the molecule is CCCCCCCCCCCCCCCCCC(CC)(CC)C(=O)O. The van der Waals surface area contributed by atoms with Crippen LogP contribution >= 0.6 is 0 Å². The summed E-state index contributed by atoms with van der Waals surface area (Å²) in [4.78, 5) is 11.5. The second-order valence-electron chi connectivity index (χ2n) is 7.99. The first-order valence-corrected chi connectivity index (χ1v) is 11.4. The van der Waals surface area contributed by atoms with E-state index in [9.17, 15) is 9.90 Å². The van der Waals surface area contributed by atoms with Gasteiger partial charge in [0.25, 0.3) is 0 Å². The average molecular weight is 355 g/mol. The summed E-state index contributed by atoms with van der Waals surface area (Å²) in [7, 11) is 0. The van der Waals surface area contributed by atoms with E-state index in [-0.39, 0.29) is 0 Å². The number of carboxylic acids is 1.